The van der Waals surface area contributed by atoms with E-state index in [2.05, 4.69) is 10.3 Å². The Bertz CT molecular complexity index is 616. The molecular formula is C19H26F3N3O2. The van der Waals surface area contributed by atoms with Crippen molar-refractivity contribution >= 4 is 11.8 Å². The third-order valence-electron chi connectivity index (χ3n) is 4.79. The molecule has 27 heavy (non-hydrogen) atoms. The molecule has 1 aromatic heterocycles. The van der Waals surface area contributed by atoms with Gasteiger partial charge in [0.05, 0.1) is 0 Å². The molecule has 0 aromatic carbocycles. The third-order valence-corrected chi connectivity index (χ3v) is 4.79. The summed E-state index contributed by atoms with van der Waals surface area (Å²) in [7, 11) is 0. The second-order valence-electron chi connectivity index (χ2n) is 6.88. The minimum Gasteiger partial charge on any atom is -0.351 e. The van der Waals surface area contributed by atoms with Crippen LogP contribution in [0.4, 0.5) is 13.2 Å². The van der Waals surface area contributed by atoms with Gasteiger partial charge in [0.1, 0.15) is 6.04 Å². The minimum absolute atomic E-state index is 0.0652. The summed E-state index contributed by atoms with van der Waals surface area (Å²) in [6, 6.07) is 1.57. The molecule has 5 nitrogen and oxygen atoms in total. The monoisotopic (exact) mass is 385 g/mol. The summed E-state index contributed by atoms with van der Waals surface area (Å²) in [4.78, 5) is 29.6. The highest BCUT2D eigenvalue weighted by Crippen LogP contribution is 2.28. The fraction of sp³-hybridized carbons (Fsp3) is 0.632. The number of pyridine rings is 1. The second-order valence-corrected chi connectivity index (χ2v) is 6.88. The van der Waals surface area contributed by atoms with Gasteiger partial charge in [0.25, 0.3) is 0 Å². The fourth-order valence-corrected chi connectivity index (χ4v) is 3.38. The Labute approximate surface area is 157 Å². The summed E-state index contributed by atoms with van der Waals surface area (Å²) < 4.78 is 39.6. The van der Waals surface area contributed by atoms with Crippen molar-refractivity contribution in [2.24, 2.45) is 0 Å². The number of hydrogen-bond donors (Lipinski definition) is 1. The molecule has 0 aliphatic heterocycles. The van der Waals surface area contributed by atoms with Gasteiger partial charge in [-0.25, -0.2) is 0 Å². The number of aromatic nitrogens is 1. The summed E-state index contributed by atoms with van der Waals surface area (Å²) in [5.74, 6) is -2.56. The Morgan fingerprint density at radius 3 is 2.41 bits per heavy atom. The number of halogens is 3. The van der Waals surface area contributed by atoms with Crippen LogP contribution in [0.25, 0.3) is 0 Å². The highest BCUT2D eigenvalue weighted by Gasteiger charge is 2.46. The number of carbonyl (C=O) groups is 2. The van der Waals surface area contributed by atoms with Crippen LogP contribution in [0.2, 0.25) is 0 Å². The average Bonchev–Trinajstić information content (AvgIpc) is 2.65. The summed E-state index contributed by atoms with van der Waals surface area (Å²) in [6.07, 6.45) is 3.42. The van der Waals surface area contributed by atoms with E-state index in [4.69, 9.17) is 0 Å². The fourth-order valence-electron chi connectivity index (χ4n) is 3.38. The first-order chi connectivity index (χ1) is 12.8. The topological polar surface area (TPSA) is 62.3 Å². The van der Waals surface area contributed by atoms with E-state index in [-0.39, 0.29) is 12.6 Å². The van der Waals surface area contributed by atoms with Crippen LogP contribution in [-0.4, -0.2) is 40.5 Å². The lowest BCUT2D eigenvalue weighted by Crippen LogP contribution is -2.50. The van der Waals surface area contributed by atoms with Crippen LogP contribution < -0.4 is 5.32 Å². The Balaban J connectivity index is 2.32. The highest BCUT2D eigenvalue weighted by molar-refractivity contribution is 5.90. The Morgan fingerprint density at radius 1 is 1.22 bits per heavy atom. The number of nitrogens with zero attached hydrogens (tertiary/aromatic N) is 2. The van der Waals surface area contributed by atoms with E-state index in [0.29, 0.717) is 23.3 Å². The zero-order chi connectivity index (χ0) is 19.9. The summed E-state index contributed by atoms with van der Waals surface area (Å²) in [5.41, 5.74) is 0.326. The molecule has 1 aliphatic rings. The van der Waals surface area contributed by atoms with Crippen LogP contribution >= 0.6 is 0 Å². The Kier molecular flexibility index (Phi) is 7.62. The predicted molar refractivity (Wildman–Crippen MR) is 94.7 cm³/mol. The van der Waals surface area contributed by atoms with Gasteiger partial charge in [-0.3, -0.25) is 14.6 Å². The summed E-state index contributed by atoms with van der Waals surface area (Å²) >= 11 is 0. The molecule has 1 saturated carbocycles. The maximum atomic E-state index is 13.2. The van der Waals surface area contributed by atoms with Gasteiger partial charge in [-0.05, 0) is 37.0 Å². The molecule has 1 aliphatic carbocycles. The first-order valence-corrected chi connectivity index (χ1v) is 9.42. The van der Waals surface area contributed by atoms with Crippen molar-refractivity contribution in [2.75, 3.05) is 6.54 Å². The van der Waals surface area contributed by atoms with E-state index in [1.165, 1.54) is 24.5 Å². The molecule has 2 amide bonds. The quantitative estimate of drug-likeness (QED) is 0.777. The van der Waals surface area contributed by atoms with E-state index in [1.807, 2.05) is 6.92 Å². The van der Waals surface area contributed by atoms with Crippen LogP contribution in [0, 0.1) is 0 Å². The number of carbonyl (C=O) groups excluding carboxylic acids is 2. The molecule has 0 spiro atoms. The van der Waals surface area contributed by atoms with Crippen molar-refractivity contribution in [3.05, 3.63) is 30.1 Å². The number of rotatable bonds is 7. The summed E-state index contributed by atoms with van der Waals surface area (Å²) in [5, 5.41) is 2.86. The first-order valence-electron chi connectivity index (χ1n) is 9.42. The van der Waals surface area contributed by atoms with Gasteiger partial charge in [0, 0.05) is 25.0 Å². The lowest BCUT2D eigenvalue weighted by molar-refractivity contribution is -0.188. The lowest BCUT2D eigenvalue weighted by atomic mass is 9.94. The van der Waals surface area contributed by atoms with Gasteiger partial charge in [0.2, 0.25) is 5.91 Å². The molecule has 0 radical (unpaired) electrons. The van der Waals surface area contributed by atoms with Gasteiger partial charge in [-0.1, -0.05) is 32.6 Å². The van der Waals surface area contributed by atoms with Crippen LogP contribution in [0.15, 0.2) is 24.5 Å². The maximum Gasteiger partial charge on any atom is 0.471 e. The maximum absolute atomic E-state index is 13.2. The average molecular weight is 385 g/mol. The van der Waals surface area contributed by atoms with Crippen molar-refractivity contribution in [3.8, 4) is 0 Å². The molecule has 0 bridgehead atoms. The van der Waals surface area contributed by atoms with Crippen molar-refractivity contribution < 1.29 is 22.8 Å². The first kappa shape index (κ1) is 21.2. The van der Waals surface area contributed by atoms with E-state index in [0.717, 1.165) is 32.1 Å². The lowest BCUT2D eigenvalue weighted by Gasteiger charge is -2.33. The minimum atomic E-state index is -5.04. The molecule has 2 rings (SSSR count). The van der Waals surface area contributed by atoms with Crippen LogP contribution in [0.5, 0.6) is 0 Å². The SMILES string of the molecule is CCCCN(C(=O)C(F)(F)F)[C@@H](C(=O)NC1CCCCC1)c1ccncc1. The molecule has 8 heteroatoms. The predicted octanol–water partition coefficient (Wildman–Crippen LogP) is 3.76. The van der Waals surface area contributed by atoms with E-state index >= 15 is 0 Å². The number of hydrogen-bond acceptors (Lipinski definition) is 3. The van der Waals surface area contributed by atoms with E-state index in [9.17, 15) is 22.8 Å². The molecule has 1 N–H and O–H groups in total. The van der Waals surface area contributed by atoms with Gasteiger partial charge in [-0.2, -0.15) is 13.2 Å². The summed E-state index contributed by atoms with van der Waals surface area (Å²) in [6.45, 7) is 1.68. The highest BCUT2D eigenvalue weighted by atomic mass is 19.4. The van der Waals surface area contributed by atoms with Crippen molar-refractivity contribution in [3.63, 3.8) is 0 Å². The molecule has 1 aromatic rings. The van der Waals surface area contributed by atoms with E-state index < -0.39 is 24.0 Å². The molecule has 1 heterocycles. The van der Waals surface area contributed by atoms with Crippen LogP contribution in [-0.2, 0) is 9.59 Å². The second kappa shape index (κ2) is 9.71. The van der Waals surface area contributed by atoms with Gasteiger partial charge in [-0.15, -0.1) is 0 Å². The Hall–Kier alpha value is -2.12. The van der Waals surface area contributed by atoms with Gasteiger partial charge < -0.3 is 10.2 Å². The van der Waals surface area contributed by atoms with E-state index in [1.54, 1.807) is 0 Å². The molecule has 0 saturated heterocycles. The largest absolute Gasteiger partial charge is 0.471 e. The number of unbranched alkanes of at least 4 members (excludes halogenated alkanes) is 1. The van der Waals surface area contributed by atoms with Crippen molar-refractivity contribution in [1.29, 1.82) is 0 Å². The Morgan fingerprint density at radius 2 is 1.85 bits per heavy atom. The third kappa shape index (κ3) is 5.94. The molecule has 1 fully saturated rings. The van der Waals surface area contributed by atoms with Gasteiger partial charge >= 0.3 is 12.1 Å². The zero-order valence-corrected chi connectivity index (χ0v) is 15.5. The zero-order valence-electron chi connectivity index (χ0n) is 15.5. The molecule has 150 valence electrons. The van der Waals surface area contributed by atoms with Crippen molar-refractivity contribution in [1.82, 2.24) is 15.2 Å². The van der Waals surface area contributed by atoms with Crippen LogP contribution in [0.1, 0.15) is 63.5 Å². The standard InChI is InChI=1S/C19H26F3N3O2/c1-2-3-13-25(18(27)19(20,21)22)16(14-9-11-23-12-10-14)17(26)24-15-7-5-4-6-8-15/h9-12,15-16H,2-8,13H2,1H3,(H,24,26)/t16-/m1/s1. The molecule has 0 unspecified atom stereocenters. The number of nitrogens with one attached hydrogen (secondary N) is 1. The number of alkyl halides is 3. The van der Waals surface area contributed by atoms with Crippen molar-refractivity contribution in [2.45, 2.75) is 70.1 Å². The smallest absolute Gasteiger partial charge is 0.351 e. The van der Waals surface area contributed by atoms with Gasteiger partial charge in [0.15, 0.2) is 0 Å². The molecular weight excluding hydrogens is 359 g/mol. The normalized spacial score (nSPS) is 16.6. The number of amides is 2. The van der Waals surface area contributed by atoms with Crippen LogP contribution in [0.3, 0.4) is 0 Å². The molecule has 1 atom stereocenters.